The lowest BCUT2D eigenvalue weighted by Gasteiger charge is -2.22. The van der Waals surface area contributed by atoms with E-state index in [2.05, 4.69) is 25.7 Å². The van der Waals surface area contributed by atoms with Crippen molar-refractivity contribution < 1.29 is 24.2 Å². The van der Waals surface area contributed by atoms with Gasteiger partial charge < -0.3 is 19.5 Å². The summed E-state index contributed by atoms with van der Waals surface area (Å²) in [5, 5.41) is 9.25. The maximum atomic E-state index is 12.9. The molecule has 1 N–H and O–H groups in total. The minimum Gasteiger partial charge on any atom is -0.465 e. The number of hydrogen-bond donors (Lipinski definition) is 1. The molecule has 2 atom stereocenters. The van der Waals surface area contributed by atoms with Crippen LogP contribution in [-0.2, 0) is 19.1 Å². The van der Waals surface area contributed by atoms with E-state index < -0.39 is 0 Å². The number of aliphatic hydroxyl groups excluding tert-OH is 1. The van der Waals surface area contributed by atoms with Crippen molar-refractivity contribution in [2.75, 3.05) is 39.5 Å². The van der Waals surface area contributed by atoms with E-state index in [1.54, 1.807) is 0 Å². The number of hydrogen-bond acceptors (Lipinski definition) is 6. The van der Waals surface area contributed by atoms with Crippen LogP contribution in [0, 0.1) is 11.8 Å². The molecule has 0 heterocycles. The van der Waals surface area contributed by atoms with Crippen LogP contribution in [0.15, 0.2) is 0 Å². The highest BCUT2D eigenvalue weighted by molar-refractivity contribution is 5.72. The summed E-state index contributed by atoms with van der Waals surface area (Å²) >= 11 is 0. The number of rotatable bonds is 38. The highest BCUT2D eigenvalue weighted by Gasteiger charge is 2.19. The fraction of sp³-hybridized carbons (Fsp3) is 0.952. The number of aliphatic hydroxyl groups is 1. The molecule has 0 saturated carbocycles. The van der Waals surface area contributed by atoms with Gasteiger partial charge in [0, 0.05) is 6.61 Å². The first-order valence-corrected chi connectivity index (χ1v) is 21.2. The Morgan fingerprint density at radius 3 is 1.35 bits per heavy atom. The van der Waals surface area contributed by atoms with Crippen LogP contribution in [0.5, 0.6) is 0 Å². The van der Waals surface area contributed by atoms with Gasteiger partial charge >= 0.3 is 11.9 Å². The molecule has 6 heteroatoms. The highest BCUT2D eigenvalue weighted by atomic mass is 16.5. The van der Waals surface area contributed by atoms with Gasteiger partial charge in [-0.2, -0.15) is 0 Å². The van der Waals surface area contributed by atoms with Gasteiger partial charge in [-0.1, -0.05) is 150 Å². The molecule has 0 aliphatic carbocycles. The van der Waals surface area contributed by atoms with Gasteiger partial charge in [0.15, 0.2) is 0 Å². The highest BCUT2D eigenvalue weighted by Crippen LogP contribution is 2.21. The van der Waals surface area contributed by atoms with Gasteiger partial charge in [-0.15, -0.1) is 0 Å². The van der Waals surface area contributed by atoms with E-state index >= 15 is 0 Å². The third-order valence-electron chi connectivity index (χ3n) is 9.90. The van der Waals surface area contributed by atoms with E-state index in [9.17, 15) is 14.7 Å². The summed E-state index contributed by atoms with van der Waals surface area (Å²) in [6.07, 6.45) is 32.3. The molecule has 48 heavy (non-hydrogen) atoms. The number of esters is 2. The number of carbonyl (C=O) groups is 2. The van der Waals surface area contributed by atoms with Crippen molar-refractivity contribution in [3.63, 3.8) is 0 Å². The number of unbranched alkanes of at least 4 members (excludes halogenated alkanes) is 19. The Bertz CT molecular complexity index is 687. The minimum absolute atomic E-state index is 0.0198. The van der Waals surface area contributed by atoms with E-state index in [0.717, 1.165) is 122 Å². The van der Waals surface area contributed by atoms with Gasteiger partial charge in [0.05, 0.1) is 25.0 Å². The quantitative estimate of drug-likeness (QED) is 0.0516. The minimum atomic E-state index is -0.0273. The summed E-state index contributed by atoms with van der Waals surface area (Å²) in [4.78, 5) is 27.7. The fourth-order valence-electron chi connectivity index (χ4n) is 6.51. The zero-order valence-corrected chi connectivity index (χ0v) is 32.7. The summed E-state index contributed by atoms with van der Waals surface area (Å²) in [5.74, 6) is 0.138. The van der Waals surface area contributed by atoms with E-state index in [1.807, 2.05) is 6.92 Å². The molecule has 0 aromatic rings. The first-order chi connectivity index (χ1) is 23.5. The molecule has 0 aliphatic heterocycles. The first kappa shape index (κ1) is 46.9. The lowest BCUT2D eigenvalue weighted by atomic mass is 9.94. The standard InChI is InChI=1S/C42H83NO5/c1-5-8-11-14-15-16-23-32-40(31-22-13-10-7-3)42(46)48-38-29-20-18-25-34-43(35-26-27-36-44)33-24-17-19-28-37-47-41(45)39(4)30-21-12-9-6-2/h39-40,44H,5-38H2,1-4H3. The average molecular weight is 682 g/mol. The second kappa shape index (κ2) is 37.1. The van der Waals surface area contributed by atoms with Gasteiger partial charge in [0.1, 0.15) is 0 Å². The number of nitrogens with zero attached hydrogens (tertiary/aromatic N) is 1. The topological polar surface area (TPSA) is 76.1 Å². The lowest BCUT2D eigenvalue weighted by Crippen LogP contribution is -2.27. The molecule has 0 amide bonds. The molecule has 0 aliphatic rings. The Balaban J connectivity index is 4.18. The fourth-order valence-corrected chi connectivity index (χ4v) is 6.51. The molecule has 0 aromatic heterocycles. The van der Waals surface area contributed by atoms with Crippen LogP contribution in [0.25, 0.3) is 0 Å². The van der Waals surface area contributed by atoms with Crippen LogP contribution in [0.1, 0.15) is 207 Å². The first-order valence-electron chi connectivity index (χ1n) is 21.2. The Morgan fingerprint density at radius 2 is 0.854 bits per heavy atom. The molecule has 0 fully saturated rings. The lowest BCUT2D eigenvalue weighted by molar-refractivity contribution is -0.149. The van der Waals surface area contributed by atoms with Crippen molar-refractivity contribution in [1.29, 1.82) is 0 Å². The Morgan fingerprint density at radius 1 is 0.479 bits per heavy atom. The molecular formula is C42H83NO5. The van der Waals surface area contributed by atoms with Gasteiger partial charge in [-0.3, -0.25) is 9.59 Å². The van der Waals surface area contributed by atoms with E-state index in [1.165, 1.54) is 77.0 Å². The molecule has 0 radical (unpaired) electrons. The molecule has 286 valence electrons. The summed E-state index contributed by atoms with van der Waals surface area (Å²) in [6, 6.07) is 0. The van der Waals surface area contributed by atoms with Crippen molar-refractivity contribution in [1.82, 2.24) is 4.90 Å². The predicted octanol–water partition coefficient (Wildman–Crippen LogP) is 11.6. The van der Waals surface area contributed by atoms with Gasteiger partial charge in [0.25, 0.3) is 0 Å². The molecule has 0 rings (SSSR count). The number of ether oxygens (including phenoxy) is 2. The number of carbonyl (C=O) groups excluding carboxylic acids is 2. The zero-order chi connectivity index (χ0) is 35.3. The molecule has 2 unspecified atom stereocenters. The van der Waals surface area contributed by atoms with Crippen molar-refractivity contribution in [2.24, 2.45) is 11.8 Å². The molecule has 0 aromatic carbocycles. The molecule has 6 nitrogen and oxygen atoms in total. The second-order valence-corrected chi connectivity index (χ2v) is 14.6. The van der Waals surface area contributed by atoms with Crippen LogP contribution in [-0.4, -0.2) is 61.4 Å². The van der Waals surface area contributed by atoms with Crippen LogP contribution < -0.4 is 0 Å². The van der Waals surface area contributed by atoms with Crippen LogP contribution in [0.3, 0.4) is 0 Å². The second-order valence-electron chi connectivity index (χ2n) is 14.6. The third kappa shape index (κ3) is 30.9. The summed E-state index contributed by atoms with van der Waals surface area (Å²) in [6.45, 7) is 13.3. The van der Waals surface area contributed by atoms with Crippen molar-refractivity contribution in [2.45, 2.75) is 207 Å². The zero-order valence-electron chi connectivity index (χ0n) is 32.7. The van der Waals surface area contributed by atoms with E-state index in [4.69, 9.17) is 9.47 Å². The smallest absolute Gasteiger partial charge is 0.308 e. The summed E-state index contributed by atoms with van der Waals surface area (Å²) in [5.41, 5.74) is 0. The van der Waals surface area contributed by atoms with Gasteiger partial charge in [0.2, 0.25) is 0 Å². The monoisotopic (exact) mass is 682 g/mol. The predicted molar refractivity (Wildman–Crippen MR) is 204 cm³/mol. The van der Waals surface area contributed by atoms with Crippen molar-refractivity contribution >= 4 is 11.9 Å². The normalized spacial score (nSPS) is 12.8. The van der Waals surface area contributed by atoms with Crippen LogP contribution >= 0.6 is 0 Å². The maximum absolute atomic E-state index is 12.9. The Kier molecular flexibility index (Phi) is 36.2. The summed E-state index contributed by atoms with van der Waals surface area (Å²) < 4.78 is 11.3. The third-order valence-corrected chi connectivity index (χ3v) is 9.90. The van der Waals surface area contributed by atoms with Crippen LogP contribution in [0.4, 0.5) is 0 Å². The largest absolute Gasteiger partial charge is 0.465 e. The van der Waals surface area contributed by atoms with Gasteiger partial charge in [-0.05, 0) is 77.4 Å². The molecule has 0 bridgehead atoms. The van der Waals surface area contributed by atoms with E-state index in [0.29, 0.717) is 13.2 Å². The SMILES string of the molecule is CCCCCCCCCC(CCCCCC)C(=O)OCCCCCCN(CCCCO)CCCCCCOC(=O)C(C)CCCCCC. The van der Waals surface area contributed by atoms with Crippen molar-refractivity contribution in [3.8, 4) is 0 Å². The molecule has 0 spiro atoms. The summed E-state index contributed by atoms with van der Waals surface area (Å²) in [7, 11) is 0. The van der Waals surface area contributed by atoms with Crippen molar-refractivity contribution in [3.05, 3.63) is 0 Å². The molecule has 0 saturated heterocycles. The van der Waals surface area contributed by atoms with Crippen LogP contribution in [0.2, 0.25) is 0 Å². The average Bonchev–Trinajstić information content (AvgIpc) is 3.09. The Hall–Kier alpha value is -1.14. The Labute approximate surface area is 299 Å². The van der Waals surface area contributed by atoms with Gasteiger partial charge in [-0.25, -0.2) is 0 Å². The van der Waals surface area contributed by atoms with E-state index in [-0.39, 0.29) is 30.4 Å². The maximum Gasteiger partial charge on any atom is 0.308 e. The molecular weight excluding hydrogens is 598 g/mol.